The summed E-state index contributed by atoms with van der Waals surface area (Å²) in [5.41, 5.74) is -0.211. The van der Waals surface area contributed by atoms with Gasteiger partial charge >= 0.3 is 5.97 Å². The molecule has 0 radical (unpaired) electrons. The Kier molecular flexibility index (Phi) is 6.83. The molecule has 0 heterocycles. The van der Waals surface area contributed by atoms with Gasteiger partial charge in [-0.15, -0.1) is 11.8 Å². The highest BCUT2D eigenvalue weighted by Crippen LogP contribution is 2.33. The maximum absolute atomic E-state index is 12.0. The fraction of sp³-hybridized carbons (Fsp3) is 0.211. The van der Waals surface area contributed by atoms with Crippen molar-refractivity contribution in [2.75, 3.05) is 12.4 Å². The molecule has 2 rings (SSSR count). The zero-order valence-corrected chi connectivity index (χ0v) is 15.9. The van der Waals surface area contributed by atoms with Crippen LogP contribution in [0.3, 0.4) is 0 Å². The second-order valence-electron chi connectivity index (χ2n) is 5.55. The van der Waals surface area contributed by atoms with Gasteiger partial charge in [-0.3, -0.25) is 9.59 Å². The molecule has 136 valence electrons. The molecule has 0 aromatic heterocycles. The van der Waals surface area contributed by atoms with Crippen molar-refractivity contribution in [1.82, 2.24) is 0 Å². The number of ether oxygens (including phenoxy) is 1. The highest BCUT2D eigenvalue weighted by atomic mass is 35.5. The van der Waals surface area contributed by atoms with Gasteiger partial charge < -0.3 is 15.3 Å². The van der Waals surface area contributed by atoms with Gasteiger partial charge in [0, 0.05) is 21.0 Å². The van der Waals surface area contributed by atoms with Crippen LogP contribution in [0.2, 0.25) is 5.02 Å². The first-order valence-corrected chi connectivity index (χ1v) is 9.12. The van der Waals surface area contributed by atoms with E-state index in [1.165, 1.54) is 25.6 Å². The predicted molar refractivity (Wildman–Crippen MR) is 104 cm³/mol. The molecule has 0 unspecified atom stereocenters. The number of aliphatic hydroxyl groups excluding tert-OH is 1. The molecular weight excluding hydrogens is 374 g/mol. The van der Waals surface area contributed by atoms with Crippen LogP contribution in [-0.4, -0.2) is 34.9 Å². The molecule has 0 fully saturated rings. The average molecular weight is 392 g/mol. The number of rotatable bonds is 7. The van der Waals surface area contributed by atoms with Gasteiger partial charge in [0.2, 0.25) is 0 Å². The van der Waals surface area contributed by atoms with E-state index in [1.54, 1.807) is 6.07 Å². The first-order chi connectivity index (χ1) is 12.3. The lowest BCUT2D eigenvalue weighted by Crippen LogP contribution is -2.15. The van der Waals surface area contributed by atoms with E-state index in [4.69, 9.17) is 21.7 Å². The van der Waals surface area contributed by atoms with Crippen molar-refractivity contribution in [3.63, 3.8) is 0 Å². The molecular formula is C19H18ClNO4S. The SMILES string of the molecule is CC(=N)/C(C(C)=O)=C(/O)COC(=O)CSc1cccc2cccc(Cl)c12. The lowest BCUT2D eigenvalue weighted by molar-refractivity contribution is -0.140. The molecule has 7 heteroatoms. The number of nitrogens with one attached hydrogen (secondary N) is 1. The fourth-order valence-electron chi connectivity index (χ4n) is 2.47. The van der Waals surface area contributed by atoms with E-state index in [0.29, 0.717) is 5.02 Å². The van der Waals surface area contributed by atoms with Crippen molar-refractivity contribution >= 4 is 51.6 Å². The van der Waals surface area contributed by atoms with Gasteiger partial charge in [-0.05, 0) is 31.4 Å². The molecule has 26 heavy (non-hydrogen) atoms. The standard InChI is InChI=1S/C19H18ClNO4S/c1-11(21)18(12(2)22)15(23)9-25-17(24)10-26-16-8-4-6-13-5-3-7-14(20)19(13)16/h3-8,21,23H,9-10H2,1-2H3/b18-15-,21-11?. The van der Waals surface area contributed by atoms with Crippen molar-refractivity contribution in [3.8, 4) is 0 Å². The van der Waals surface area contributed by atoms with Crippen LogP contribution >= 0.6 is 23.4 Å². The predicted octanol–water partition coefficient (Wildman–Crippen LogP) is 4.57. The lowest BCUT2D eigenvalue weighted by Gasteiger charge is -2.09. The first-order valence-electron chi connectivity index (χ1n) is 7.75. The van der Waals surface area contributed by atoms with E-state index >= 15 is 0 Å². The topological polar surface area (TPSA) is 87.5 Å². The number of thioether (sulfide) groups is 1. The van der Waals surface area contributed by atoms with Crippen LogP contribution in [0, 0.1) is 5.41 Å². The van der Waals surface area contributed by atoms with Crippen molar-refractivity contribution < 1.29 is 19.4 Å². The number of carbonyl (C=O) groups excluding carboxylic acids is 2. The van der Waals surface area contributed by atoms with Crippen LogP contribution in [0.5, 0.6) is 0 Å². The number of aliphatic hydroxyl groups is 1. The average Bonchev–Trinajstić information content (AvgIpc) is 2.57. The lowest BCUT2D eigenvalue weighted by atomic mass is 10.1. The summed E-state index contributed by atoms with van der Waals surface area (Å²) in [6, 6.07) is 11.3. The number of Topliss-reactive ketones (excluding diaryl/α,β-unsaturated/α-hetero) is 1. The fourth-order valence-corrected chi connectivity index (χ4v) is 3.71. The largest absolute Gasteiger partial charge is 0.508 e. The minimum atomic E-state index is -0.545. The van der Waals surface area contributed by atoms with Gasteiger partial charge in [-0.2, -0.15) is 0 Å². The second kappa shape index (κ2) is 8.87. The molecule has 2 aromatic carbocycles. The first kappa shape index (κ1) is 20.0. The van der Waals surface area contributed by atoms with Gasteiger partial charge in [0.15, 0.2) is 5.78 Å². The van der Waals surface area contributed by atoms with Gasteiger partial charge in [-0.25, -0.2) is 0 Å². The summed E-state index contributed by atoms with van der Waals surface area (Å²) in [5, 5.41) is 19.8. The van der Waals surface area contributed by atoms with E-state index in [-0.39, 0.29) is 17.0 Å². The molecule has 0 spiro atoms. The van der Waals surface area contributed by atoms with E-state index in [9.17, 15) is 14.7 Å². The molecule has 5 nitrogen and oxygen atoms in total. The molecule has 0 bridgehead atoms. The molecule has 0 aliphatic rings. The maximum Gasteiger partial charge on any atom is 0.316 e. The number of esters is 1. The summed E-state index contributed by atoms with van der Waals surface area (Å²) >= 11 is 7.53. The normalized spacial score (nSPS) is 11.8. The molecule has 0 aliphatic carbocycles. The number of carbonyl (C=O) groups is 2. The maximum atomic E-state index is 12.0. The zero-order valence-electron chi connectivity index (χ0n) is 14.3. The Morgan fingerprint density at radius 1 is 1.19 bits per heavy atom. The summed E-state index contributed by atoms with van der Waals surface area (Å²) in [6.45, 7) is 2.18. The van der Waals surface area contributed by atoms with Crippen LogP contribution < -0.4 is 0 Å². The van der Waals surface area contributed by atoms with Crippen molar-refractivity contribution in [2.24, 2.45) is 0 Å². The molecule has 0 aliphatic heterocycles. The van der Waals surface area contributed by atoms with Gasteiger partial charge in [0.1, 0.15) is 12.4 Å². The monoisotopic (exact) mass is 391 g/mol. The molecule has 2 N–H and O–H groups in total. The summed E-state index contributed by atoms with van der Waals surface area (Å²) in [4.78, 5) is 24.2. The van der Waals surface area contributed by atoms with E-state index in [2.05, 4.69) is 0 Å². The van der Waals surface area contributed by atoms with Crippen LogP contribution in [0.15, 0.2) is 52.6 Å². The third kappa shape index (κ3) is 4.86. The van der Waals surface area contributed by atoms with Gasteiger partial charge in [0.25, 0.3) is 0 Å². The number of hydrogen-bond donors (Lipinski definition) is 2. The van der Waals surface area contributed by atoms with Crippen LogP contribution in [0.1, 0.15) is 13.8 Å². The van der Waals surface area contributed by atoms with Gasteiger partial charge in [-0.1, -0.05) is 35.9 Å². The summed E-state index contributed by atoms with van der Waals surface area (Å²) in [6.07, 6.45) is 0. The Bertz CT molecular complexity index is 886. The summed E-state index contributed by atoms with van der Waals surface area (Å²) in [7, 11) is 0. The molecule has 0 saturated heterocycles. The number of benzene rings is 2. The smallest absolute Gasteiger partial charge is 0.316 e. The Balaban J connectivity index is 2.03. The number of ketones is 1. The Morgan fingerprint density at radius 3 is 2.46 bits per heavy atom. The van der Waals surface area contributed by atoms with Crippen molar-refractivity contribution in [3.05, 3.63) is 52.8 Å². The Labute approximate surface area is 160 Å². The zero-order chi connectivity index (χ0) is 19.3. The number of allylic oxidation sites excluding steroid dienone is 1. The van der Waals surface area contributed by atoms with Crippen LogP contribution in [0.25, 0.3) is 10.8 Å². The molecule has 0 saturated carbocycles. The van der Waals surface area contributed by atoms with E-state index in [1.807, 2.05) is 30.3 Å². The minimum absolute atomic E-state index is 0.0244. The van der Waals surface area contributed by atoms with E-state index in [0.717, 1.165) is 15.7 Å². The van der Waals surface area contributed by atoms with Crippen LogP contribution in [-0.2, 0) is 14.3 Å². The van der Waals surface area contributed by atoms with Crippen molar-refractivity contribution in [2.45, 2.75) is 18.7 Å². The molecule has 0 amide bonds. The van der Waals surface area contributed by atoms with Crippen molar-refractivity contribution in [1.29, 1.82) is 5.41 Å². The number of halogens is 1. The molecule has 2 aromatic rings. The Hall–Kier alpha value is -2.31. The number of fused-ring (bicyclic) bond motifs is 1. The summed E-state index contributed by atoms with van der Waals surface area (Å²) < 4.78 is 5.00. The van der Waals surface area contributed by atoms with Crippen LogP contribution in [0.4, 0.5) is 0 Å². The van der Waals surface area contributed by atoms with Gasteiger partial charge in [0.05, 0.1) is 11.3 Å². The molecule has 0 atom stereocenters. The third-order valence-corrected chi connectivity index (χ3v) is 4.89. The second-order valence-corrected chi connectivity index (χ2v) is 6.97. The highest BCUT2D eigenvalue weighted by Gasteiger charge is 2.15. The highest BCUT2D eigenvalue weighted by molar-refractivity contribution is 8.00. The summed E-state index contributed by atoms with van der Waals surface area (Å²) in [5.74, 6) is -1.39. The number of hydrogen-bond acceptors (Lipinski definition) is 6. The third-order valence-electron chi connectivity index (χ3n) is 3.55. The quantitative estimate of drug-likeness (QED) is 0.237. The van der Waals surface area contributed by atoms with E-state index < -0.39 is 24.1 Å². The Morgan fingerprint density at radius 2 is 1.85 bits per heavy atom. The minimum Gasteiger partial charge on any atom is -0.508 e.